The van der Waals surface area contributed by atoms with Crippen LogP contribution in [0.25, 0.3) is 0 Å². The maximum Gasteiger partial charge on any atom is 0.135 e. The average molecular weight is 272 g/mol. The van der Waals surface area contributed by atoms with Crippen LogP contribution in [0.5, 0.6) is 17.2 Å². The molecule has 2 aromatic rings. The zero-order valence-electron chi connectivity index (χ0n) is 11.3. The van der Waals surface area contributed by atoms with Crippen molar-refractivity contribution in [3.8, 4) is 17.2 Å². The third kappa shape index (κ3) is 2.51. The molecule has 0 bridgehead atoms. The number of aromatic hydroxyl groups is 1. The number of ether oxygens (including phenoxy) is 2. The van der Waals surface area contributed by atoms with Gasteiger partial charge in [0.05, 0.1) is 19.8 Å². The largest absolute Gasteiger partial charge is 0.507 e. The molecule has 2 rings (SSSR count). The van der Waals surface area contributed by atoms with Crippen LogP contribution in [0.3, 0.4) is 0 Å². The van der Waals surface area contributed by atoms with Gasteiger partial charge in [0.25, 0.3) is 0 Å². The first kappa shape index (κ1) is 13.7. The van der Waals surface area contributed by atoms with Crippen LogP contribution in [0, 0.1) is 0 Å². The summed E-state index contributed by atoms with van der Waals surface area (Å²) in [7, 11) is 3.03. The molecule has 5 nitrogen and oxygen atoms in total. The molecule has 0 aliphatic heterocycles. The molecule has 0 fully saturated rings. The number of hydrogen-bond acceptors (Lipinski definition) is 5. The van der Waals surface area contributed by atoms with Crippen LogP contribution in [-0.4, -0.2) is 25.0 Å². The Kier molecular flexibility index (Phi) is 4.10. The molecule has 0 aromatic heterocycles. The van der Waals surface area contributed by atoms with Crippen molar-refractivity contribution in [1.82, 2.24) is 0 Å². The molecule has 2 aromatic carbocycles. The lowest BCUT2D eigenvalue weighted by atomic mass is 10.00. The smallest absolute Gasteiger partial charge is 0.135 e. The van der Waals surface area contributed by atoms with E-state index in [9.17, 15) is 5.11 Å². The van der Waals surface area contributed by atoms with Crippen molar-refractivity contribution in [2.24, 2.45) is 10.9 Å². The van der Waals surface area contributed by atoms with E-state index < -0.39 is 0 Å². The van der Waals surface area contributed by atoms with Crippen LogP contribution >= 0.6 is 0 Å². The van der Waals surface area contributed by atoms with Crippen molar-refractivity contribution >= 4 is 5.71 Å². The van der Waals surface area contributed by atoms with Crippen molar-refractivity contribution in [2.75, 3.05) is 14.2 Å². The fourth-order valence-corrected chi connectivity index (χ4v) is 1.97. The summed E-state index contributed by atoms with van der Waals surface area (Å²) in [5, 5.41) is 14.0. The van der Waals surface area contributed by atoms with Gasteiger partial charge in [0, 0.05) is 17.7 Å². The molecule has 0 unspecified atom stereocenters. The first-order valence-corrected chi connectivity index (χ1v) is 6.00. The number of phenolic OH excluding ortho intramolecular Hbond substituents is 1. The summed E-state index contributed by atoms with van der Waals surface area (Å²) < 4.78 is 10.4. The first-order chi connectivity index (χ1) is 9.71. The van der Waals surface area contributed by atoms with E-state index in [1.807, 2.05) is 30.3 Å². The lowest BCUT2D eigenvalue weighted by molar-refractivity contribution is 0.384. The number of nitrogens with zero attached hydrogens (tertiary/aromatic N) is 1. The highest BCUT2D eigenvalue weighted by Crippen LogP contribution is 2.35. The van der Waals surface area contributed by atoms with Gasteiger partial charge in [-0.15, -0.1) is 0 Å². The van der Waals surface area contributed by atoms with Gasteiger partial charge in [0.15, 0.2) is 0 Å². The molecule has 0 saturated carbocycles. The lowest BCUT2D eigenvalue weighted by Gasteiger charge is -2.14. The summed E-state index contributed by atoms with van der Waals surface area (Å²) in [5.41, 5.74) is 1.67. The van der Waals surface area contributed by atoms with E-state index in [2.05, 4.69) is 5.10 Å². The van der Waals surface area contributed by atoms with Gasteiger partial charge in [-0.3, -0.25) is 0 Å². The van der Waals surface area contributed by atoms with Crippen LogP contribution < -0.4 is 15.3 Å². The lowest BCUT2D eigenvalue weighted by Crippen LogP contribution is -2.09. The molecule has 0 saturated heterocycles. The first-order valence-electron chi connectivity index (χ1n) is 6.00. The van der Waals surface area contributed by atoms with Crippen LogP contribution in [0.1, 0.15) is 11.1 Å². The minimum atomic E-state index is -0.00532. The molecule has 0 radical (unpaired) electrons. The monoisotopic (exact) mass is 272 g/mol. The number of benzene rings is 2. The molecular weight excluding hydrogens is 256 g/mol. The maximum atomic E-state index is 10.2. The zero-order valence-corrected chi connectivity index (χ0v) is 11.3. The molecule has 0 amide bonds. The molecule has 104 valence electrons. The van der Waals surface area contributed by atoms with Gasteiger partial charge in [-0.2, -0.15) is 5.10 Å². The quantitative estimate of drug-likeness (QED) is 0.508. The minimum absolute atomic E-state index is 0.00532. The van der Waals surface area contributed by atoms with E-state index in [-0.39, 0.29) is 5.75 Å². The molecule has 0 atom stereocenters. The van der Waals surface area contributed by atoms with Crippen molar-refractivity contribution in [1.29, 1.82) is 0 Å². The second-order valence-electron chi connectivity index (χ2n) is 4.07. The van der Waals surface area contributed by atoms with Gasteiger partial charge in [-0.1, -0.05) is 30.3 Å². The van der Waals surface area contributed by atoms with Crippen molar-refractivity contribution in [3.05, 3.63) is 53.6 Å². The topological polar surface area (TPSA) is 77.1 Å². The van der Waals surface area contributed by atoms with Crippen LogP contribution in [0.15, 0.2) is 47.6 Å². The van der Waals surface area contributed by atoms with E-state index in [0.29, 0.717) is 22.8 Å². The summed E-state index contributed by atoms with van der Waals surface area (Å²) >= 11 is 0. The van der Waals surface area contributed by atoms with Gasteiger partial charge in [0.1, 0.15) is 23.0 Å². The molecule has 0 aliphatic rings. The summed E-state index contributed by atoms with van der Waals surface area (Å²) in [6.45, 7) is 0. The number of methoxy groups -OCH3 is 2. The van der Waals surface area contributed by atoms with Gasteiger partial charge in [0.2, 0.25) is 0 Å². The molecule has 5 heteroatoms. The van der Waals surface area contributed by atoms with Gasteiger partial charge >= 0.3 is 0 Å². The second-order valence-corrected chi connectivity index (χ2v) is 4.07. The summed E-state index contributed by atoms with van der Waals surface area (Å²) in [6, 6.07) is 12.5. The Balaban J connectivity index is 2.61. The molecule has 0 aliphatic carbocycles. The molecule has 0 heterocycles. The average Bonchev–Trinajstić information content (AvgIpc) is 2.50. The highest BCUT2D eigenvalue weighted by Gasteiger charge is 2.18. The van der Waals surface area contributed by atoms with Crippen LogP contribution in [0.2, 0.25) is 0 Å². The summed E-state index contributed by atoms with van der Waals surface area (Å²) in [6.07, 6.45) is 0. The fraction of sp³-hybridized carbons (Fsp3) is 0.133. The molecular formula is C15H16N2O3. The Hall–Kier alpha value is -2.69. The zero-order chi connectivity index (χ0) is 14.5. The number of rotatable bonds is 4. The Bertz CT molecular complexity index is 625. The van der Waals surface area contributed by atoms with Gasteiger partial charge in [-0.05, 0) is 0 Å². The predicted molar refractivity (Wildman–Crippen MR) is 77.5 cm³/mol. The summed E-state index contributed by atoms with van der Waals surface area (Å²) in [4.78, 5) is 0. The summed E-state index contributed by atoms with van der Waals surface area (Å²) in [5.74, 6) is 6.42. The molecule has 3 N–H and O–H groups in total. The molecule has 20 heavy (non-hydrogen) atoms. The van der Waals surface area contributed by atoms with Gasteiger partial charge in [-0.25, -0.2) is 0 Å². The van der Waals surface area contributed by atoms with E-state index in [1.54, 1.807) is 6.07 Å². The normalized spacial score (nSPS) is 11.2. The van der Waals surface area contributed by atoms with Crippen molar-refractivity contribution in [2.45, 2.75) is 0 Å². The molecule has 0 spiro atoms. The maximum absolute atomic E-state index is 10.2. The fourth-order valence-electron chi connectivity index (χ4n) is 1.97. The Morgan fingerprint density at radius 2 is 1.80 bits per heavy atom. The number of nitrogens with two attached hydrogens (primary N) is 1. The Morgan fingerprint density at radius 3 is 2.35 bits per heavy atom. The highest BCUT2D eigenvalue weighted by molar-refractivity contribution is 6.16. The van der Waals surface area contributed by atoms with Crippen molar-refractivity contribution in [3.63, 3.8) is 0 Å². The van der Waals surface area contributed by atoms with Crippen LogP contribution in [0.4, 0.5) is 0 Å². The van der Waals surface area contributed by atoms with Crippen molar-refractivity contribution < 1.29 is 14.6 Å². The SMILES string of the molecule is COc1cc(O)c(/C(=N\N)c2ccccc2)c(OC)c1. The van der Waals surface area contributed by atoms with E-state index in [1.165, 1.54) is 20.3 Å². The minimum Gasteiger partial charge on any atom is -0.507 e. The highest BCUT2D eigenvalue weighted by atomic mass is 16.5. The third-order valence-corrected chi connectivity index (χ3v) is 2.92. The predicted octanol–water partition coefficient (Wildman–Crippen LogP) is 2.12. The third-order valence-electron chi connectivity index (χ3n) is 2.92. The van der Waals surface area contributed by atoms with E-state index >= 15 is 0 Å². The number of hydrogen-bond donors (Lipinski definition) is 2. The van der Waals surface area contributed by atoms with Gasteiger partial charge < -0.3 is 20.4 Å². The Morgan fingerprint density at radius 1 is 1.10 bits per heavy atom. The second kappa shape index (κ2) is 5.97. The van der Waals surface area contributed by atoms with Crippen LogP contribution in [-0.2, 0) is 0 Å². The van der Waals surface area contributed by atoms with E-state index in [4.69, 9.17) is 15.3 Å². The number of hydrazone groups is 1. The number of phenols is 1. The Labute approximate surface area is 117 Å². The van der Waals surface area contributed by atoms with E-state index in [0.717, 1.165) is 5.56 Å². The standard InChI is InChI=1S/C15H16N2O3/c1-19-11-8-12(18)14(13(9-11)20-2)15(17-16)10-6-4-3-5-7-10/h3-9,18H,16H2,1-2H3/b17-15-.